The van der Waals surface area contributed by atoms with Crippen molar-refractivity contribution in [3.8, 4) is 10.6 Å². The number of aromatic nitrogens is 1. The van der Waals surface area contributed by atoms with Gasteiger partial charge in [0.25, 0.3) is 5.91 Å². The maximum Gasteiger partial charge on any atom is 0.253 e. The van der Waals surface area contributed by atoms with Gasteiger partial charge in [0.1, 0.15) is 5.01 Å². The highest BCUT2D eigenvalue weighted by Gasteiger charge is 2.13. The number of benzene rings is 2. The molecule has 0 saturated carbocycles. The third kappa shape index (κ3) is 3.78. The molecular weight excluding hydrogens is 363 g/mol. The number of amides is 1. The molecule has 6 heteroatoms. The van der Waals surface area contributed by atoms with Gasteiger partial charge in [-0.2, -0.15) is 0 Å². The van der Waals surface area contributed by atoms with Gasteiger partial charge in [-0.1, -0.05) is 53.5 Å². The van der Waals surface area contributed by atoms with E-state index in [4.69, 9.17) is 23.2 Å². The van der Waals surface area contributed by atoms with Crippen LogP contribution in [0.3, 0.4) is 0 Å². The van der Waals surface area contributed by atoms with Crippen molar-refractivity contribution in [2.75, 3.05) is 0 Å². The summed E-state index contributed by atoms with van der Waals surface area (Å²) in [5, 5.41) is 4.67. The van der Waals surface area contributed by atoms with Gasteiger partial charge >= 0.3 is 0 Å². The zero-order valence-corrected chi connectivity index (χ0v) is 15.2. The molecule has 24 heavy (non-hydrogen) atoms. The average molecular weight is 377 g/mol. The summed E-state index contributed by atoms with van der Waals surface area (Å²) >= 11 is 13.6. The van der Waals surface area contributed by atoms with E-state index in [1.54, 1.807) is 29.5 Å². The molecule has 122 valence electrons. The number of carbonyl (C=O) groups is 1. The zero-order chi connectivity index (χ0) is 17.1. The minimum atomic E-state index is -0.253. The first kappa shape index (κ1) is 17.0. The second-order valence-corrected chi connectivity index (χ2v) is 7.13. The number of hydrogen-bond acceptors (Lipinski definition) is 3. The van der Waals surface area contributed by atoms with Crippen molar-refractivity contribution in [2.45, 2.75) is 13.5 Å². The summed E-state index contributed by atoms with van der Waals surface area (Å²) in [6.45, 7) is 2.34. The van der Waals surface area contributed by atoms with Crippen LogP contribution in [0.15, 0.2) is 48.5 Å². The number of nitrogens with zero attached hydrogens (tertiary/aromatic N) is 1. The lowest BCUT2D eigenvalue weighted by atomic mass is 10.2. The minimum absolute atomic E-state index is 0.253. The predicted molar refractivity (Wildman–Crippen MR) is 99.9 cm³/mol. The fraction of sp³-hybridized carbons (Fsp3) is 0.111. The van der Waals surface area contributed by atoms with Crippen molar-refractivity contribution >= 4 is 40.4 Å². The molecule has 0 bridgehead atoms. The molecule has 1 amide bonds. The summed E-state index contributed by atoms with van der Waals surface area (Å²) in [5.74, 6) is -0.253. The lowest BCUT2D eigenvalue weighted by Gasteiger charge is -2.06. The van der Waals surface area contributed by atoms with Crippen LogP contribution in [0.25, 0.3) is 10.6 Å². The summed E-state index contributed by atoms with van der Waals surface area (Å²) in [4.78, 5) is 17.9. The monoisotopic (exact) mass is 376 g/mol. The normalized spacial score (nSPS) is 10.6. The predicted octanol–water partition coefficient (Wildman–Crippen LogP) is 5.36. The van der Waals surface area contributed by atoms with Crippen molar-refractivity contribution in [1.29, 1.82) is 0 Å². The number of hydrogen-bond donors (Lipinski definition) is 1. The standard InChI is InChI=1S/C18H14Cl2N2OS/c1-11-16(24-18(22-11)12-5-3-2-4-6-12)10-21-17(23)14-9-13(19)7-8-15(14)20/h2-9H,10H2,1H3,(H,21,23). The fourth-order valence-electron chi connectivity index (χ4n) is 2.22. The van der Waals surface area contributed by atoms with E-state index in [0.717, 1.165) is 21.1 Å². The van der Waals surface area contributed by atoms with Crippen molar-refractivity contribution in [3.63, 3.8) is 0 Å². The summed E-state index contributed by atoms with van der Waals surface area (Å²) < 4.78 is 0. The maximum absolute atomic E-state index is 12.3. The van der Waals surface area contributed by atoms with E-state index in [1.807, 2.05) is 37.3 Å². The van der Waals surface area contributed by atoms with Gasteiger partial charge in [0, 0.05) is 15.5 Å². The molecule has 1 N–H and O–H groups in total. The van der Waals surface area contributed by atoms with Crippen molar-refractivity contribution in [1.82, 2.24) is 10.3 Å². The molecule has 0 saturated heterocycles. The Kier molecular flexibility index (Phi) is 5.19. The summed E-state index contributed by atoms with van der Waals surface area (Å²) in [7, 11) is 0. The second-order valence-electron chi connectivity index (χ2n) is 5.20. The summed E-state index contributed by atoms with van der Waals surface area (Å²) in [6.07, 6.45) is 0. The van der Waals surface area contributed by atoms with Crippen molar-refractivity contribution < 1.29 is 4.79 Å². The van der Waals surface area contributed by atoms with Crippen LogP contribution in [0.1, 0.15) is 20.9 Å². The highest BCUT2D eigenvalue weighted by Crippen LogP contribution is 2.28. The van der Waals surface area contributed by atoms with Crippen LogP contribution in [0.5, 0.6) is 0 Å². The number of rotatable bonds is 4. The molecule has 0 spiro atoms. The Morgan fingerprint density at radius 1 is 1.17 bits per heavy atom. The van der Waals surface area contributed by atoms with Crippen molar-refractivity contribution in [2.24, 2.45) is 0 Å². The van der Waals surface area contributed by atoms with Crippen LogP contribution >= 0.6 is 34.5 Å². The molecule has 1 heterocycles. The first-order valence-electron chi connectivity index (χ1n) is 7.29. The summed E-state index contributed by atoms with van der Waals surface area (Å²) in [6, 6.07) is 14.8. The minimum Gasteiger partial charge on any atom is -0.347 e. The van der Waals surface area contributed by atoms with E-state index in [-0.39, 0.29) is 5.91 Å². The quantitative estimate of drug-likeness (QED) is 0.666. The van der Waals surface area contributed by atoms with E-state index in [1.165, 1.54) is 0 Å². The third-order valence-corrected chi connectivity index (χ3v) is 5.27. The largest absolute Gasteiger partial charge is 0.347 e. The van der Waals surface area contributed by atoms with Crippen LogP contribution in [0.2, 0.25) is 10.0 Å². The molecule has 3 rings (SSSR count). The Bertz CT molecular complexity index is 878. The van der Waals surface area contributed by atoms with Gasteiger partial charge in [0.05, 0.1) is 22.8 Å². The Labute approximate surface area is 154 Å². The van der Waals surface area contributed by atoms with Crippen LogP contribution < -0.4 is 5.32 Å². The molecule has 3 nitrogen and oxygen atoms in total. The SMILES string of the molecule is Cc1nc(-c2ccccc2)sc1CNC(=O)c1cc(Cl)ccc1Cl. The molecule has 0 atom stereocenters. The topological polar surface area (TPSA) is 42.0 Å². The van der Waals surface area contributed by atoms with Crippen LogP contribution in [-0.2, 0) is 6.54 Å². The van der Waals surface area contributed by atoms with Gasteiger partial charge in [0.2, 0.25) is 0 Å². The van der Waals surface area contributed by atoms with E-state index >= 15 is 0 Å². The number of halogens is 2. The molecule has 0 aliphatic heterocycles. The van der Waals surface area contributed by atoms with Gasteiger partial charge in [-0.15, -0.1) is 11.3 Å². The fourth-order valence-corrected chi connectivity index (χ4v) is 3.61. The highest BCUT2D eigenvalue weighted by atomic mass is 35.5. The van der Waals surface area contributed by atoms with Gasteiger partial charge in [-0.3, -0.25) is 4.79 Å². The molecule has 0 aliphatic rings. The molecule has 2 aromatic carbocycles. The Morgan fingerprint density at radius 3 is 2.67 bits per heavy atom. The molecule has 0 radical (unpaired) electrons. The Balaban J connectivity index is 1.74. The van der Waals surface area contributed by atoms with Crippen LogP contribution in [0, 0.1) is 6.92 Å². The Morgan fingerprint density at radius 2 is 1.92 bits per heavy atom. The second kappa shape index (κ2) is 7.34. The van der Waals surface area contributed by atoms with E-state index in [2.05, 4.69) is 10.3 Å². The van der Waals surface area contributed by atoms with Crippen LogP contribution in [0.4, 0.5) is 0 Å². The summed E-state index contributed by atoms with van der Waals surface area (Å²) in [5.41, 5.74) is 2.35. The van der Waals surface area contributed by atoms with Crippen molar-refractivity contribution in [3.05, 3.63) is 74.7 Å². The average Bonchev–Trinajstić information content (AvgIpc) is 2.96. The van der Waals surface area contributed by atoms with Gasteiger partial charge in [-0.05, 0) is 25.1 Å². The lowest BCUT2D eigenvalue weighted by Crippen LogP contribution is -2.23. The first-order chi connectivity index (χ1) is 11.5. The molecule has 0 aliphatic carbocycles. The molecule has 0 unspecified atom stereocenters. The van der Waals surface area contributed by atoms with E-state index in [9.17, 15) is 4.79 Å². The number of aryl methyl sites for hydroxylation is 1. The zero-order valence-electron chi connectivity index (χ0n) is 12.8. The van der Waals surface area contributed by atoms with Gasteiger partial charge < -0.3 is 5.32 Å². The highest BCUT2D eigenvalue weighted by molar-refractivity contribution is 7.15. The molecular formula is C18H14Cl2N2OS. The van der Waals surface area contributed by atoms with Gasteiger partial charge in [0.15, 0.2) is 0 Å². The Hall–Kier alpha value is -1.88. The molecule has 0 fully saturated rings. The maximum atomic E-state index is 12.3. The number of nitrogens with one attached hydrogen (secondary N) is 1. The molecule has 1 aromatic heterocycles. The van der Waals surface area contributed by atoms with E-state index in [0.29, 0.717) is 22.2 Å². The number of carbonyl (C=O) groups excluding carboxylic acids is 1. The van der Waals surface area contributed by atoms with Gasteiger partial charge in [-0.25, -0.2) is 4.98 Å². The smallest absolute Gasteiger partial charge is 0.253 e. The molecule has 3 aromatic rings. The van der Waals surface area contributed by atoms with Crippen LogP contribution in [-0.4, -0.2) is 10.9 Å². The third-order valence-electron chi connectivity index (χ3n) is 3.50. The number of thiazole rings is 1. The van der Waals surface area contributed by atoms with E-state index < -0.39 is 0 Å². The first-order valence-corrected chi connectivity index (χ1v) is 8.87. The lowest BCUT2D eigenvalue weighted by molar-refractivity contribution is 0.0951.